The van der Waals surface area contributed by atoms with Crippen molar-refractivity contribution in [1.82, 2.24) is 42.2 Å². The summed E-state index contributed by atoms with van der Waals surface area (Å²) < 4.78 is 0. The number of rotatable bonds is 17. The molecule has 1 saturated heterocycles. The first-order chi connectivity index (χ1) is 34.8. The van der Waals surface area contributed by atoms with Crippen LogP contribution in [0.2, 0.25) is 0 Å². The lowest BCUT2D eigenvalue weighted by atomic mass is 10.00. The van der Waals surface area contributed by atoms with Crippen molar-refractivity contribution in [3.63, 3.8) is 0 Å². The predicted molar refractivity (Wildman–Crippen MR) is 279 cm³/mol. The molecule has 5 rings (SSSR count). The van der Waals surface area contributed by atoms with Crippen LogP contribution in [-0.2, 0) is 57.6 Å². The van der Waals surface area contributed by atoms with E-state index in [9.17, 15) is 48.6 Å². The molecular weight excluding hydrogens is 979 g/mol. The average molecular weight is 1050 g/mol. The predicted octanol–water partition coefficient (Wildman–Crippen LogP) is -0.332. The van der Waals surface area contributed by atoms with Gasteiger partial charge in [-0.15, -0.1) is 0 Å². The average Bonchev–Trinajstić information content (AvgIpc) is 3.76. The minimum absolute atomic E-state index is 0.0484. The summed E-state index contributed by atoms with van der Waals surface area (Å²) in [5, 5.41) is 40.0. The molecule has 394 valence electrons. The lowest BCUT2D eigenvalue weighted by Gasteiger charge is -2.29. The molecule has 0 radical (unpaired) electrons. The summed E-state index contributed by atoms with van der Waals surface area (Å²) in [6.07, 6.45) is 1.10. The van der Waals surface area contributed by atoms with Crippen LogP contribution in [-0.4, -0.2) is 135 Å². The third-order valence-electron chi connectivity index (χ3n) is 12.1. The minimum atomic E-state index is -1.54. The second-order valence-corrected chi connectivity index (χ2v) is 20.8. The van der Waals surface area contributed by atoms with E-state index >= 15 is 0 Å². The largest absolute Gasteiger partial charge is 0.508 e. The van der Waals surface area contributed by atoms with Gasteiger partial charge < -0.3 is 69.6 Å². The van der Waals surface area contributed by atoms with Crippen molar-refractivity contribution in [2.75, 3.05) is 18.1 Å². The molecule has 1 aromatic heterocycles. The molecule has 16 N–H and O–H groups in total. The maximum Gasteiger partial charge on any atom is 0.244 e. The maximum absolute atomic E-state index is 14.8. The minimum Gasteiger partial charge on any atom is -0.508 e. The molecule has 1 aliphatic rings. The number of nitrogens with two attached hydrogens (primary N) is 3. The first kappa shape index (κ1) is 57.2. The van der Waals surface area contributed by atoms with Crippen molar-refractivity contribution in [2.24, 2.45) is 23.1 Å². The van der Waals surface area contributed by atoms with Gasteiger partial charge in [0.25, 0.3) is 0 Å². The molecule has 73 heavy (non-hydrogen) atoms. The van der Waals surface area contributed by atoms with E-state index in [1.54, 1.807) is 56.4 Å². The standard InChI is InChI=1S/C50H67N11O10S2/c1-27(2)41-50(71)59-40(49(70)61-42(28(3)62)43(53)64)26-73-72-25-39(58-44(65)34(52)21-29-11-5-4-6-12-29)48(69)56-37(22-30-16-18-32(63)19-17-30)46(67)57-38(23-31-24-54-35-14-8-7-13-33(31)35)47(68)55-36(45(66)60-41)15-9-10-20-51/h4-8,11-14,16-19,24,27-28,34,36-42,54,62-63H,9-10,15,20-23,25-26,51-52H2,1-3H3,(H2,53,64)(H,55,68)(H,56,69)(H,57,67)(H,58,65)(H,59,71)(H,60,66)(H,61,70)/t28-,34-,36+,37+,38-,39+,40+,41+,42+/m1/s1. The lowest BCUT2D eigenvalue weighted by molar-refractivity contribution is -0.136. The molecule has 0 spiro atoms. The third kappa shape index (κ3) is 17.2. The SMILES string of the molecule is CC(C)[C@@H]1NC(=O)[C@H](CCCCN)NC(=O)[C@@H](Cc2c[nH]c3ccccc23)NC(=O)[C@H](Cc2ccc(O)cc2)NC(=O)[C@@H](NC(=O)[C@H](N)Cc2ccccc2)CSSC[C@@H](C(=O)N[C@H](C(N)=O)[C@@H](C)O)NC1=O. The molecule has 23 heteroatoms. The number of aliphatic hydroxyl groups excluding tert-OH is 1. The number of H-pyrrole nitrogens is 1. The van der Waals surface area contributed by atoms with Gasteiger partial charge in [0.15, 0.2) is 0 Å². The van der Waals surface area contributed by atoms with Gasteiger partial charge in [0.2, 0.25) is 47.3 Å². The van der Waals surface area contributed by atoms with Crippen LogP contribution in [0.4, 0.5) is 0 Å². The smallest absolute Gasteiger partial charge is 0.244 e. The molecule has 3 aromatic carbocycles. The van der Waals surface area contributed by atoms with Crippen molar-refractivity contribution in [3.05, 3.63) is 102 Å². The van der Waals surface area contributed by atoms with Crippen molar-refractivity contribution in [1.29, 1.82) is 0 Å². The van der Waals surface area contributed by atoms with Gasteiger partial charge >= 0.3 is 0 Å². The second kappa shape index (κ2) is 28.0. The fourth-order valence-corrected chi connectivity index (χ4v) is 10.3. The topological polar surface area (TPSA) is 355 Å². The molecule has 0 bridgehead atoms. The molecule has 21 nitrogen and oxygen atoms in total. The quantitative estimate of drug-likeness (QED) is 0.0476. The molecule has 2 heterocycles. The van der Waals surface area contributed by atoms with Crippen LogP contribution >= 0.6 is 21.6 Å². The molecule has 1 fully saturated rings. The number of phenolic OH excluding ortho intramolecular Hbond substituents is 1. The summed E-state index contributed by atoms with van der Waals surface area (Å²) in [4.78, 5) is 116. The van der Waals surface area contributed by atoms with Gasteiger partial charge in [0.05, 0.1) is 12.1 Å². The van der Waals surface area contributed by atoms with E-state index in [1.807, 2.05) is 30.3 Å². The molecular formula is C50H67N11O10S2. The van der Waals surface area contributed by atoms with E-state index in [0.717, 1.165) is 38.1 Å². The summed E-state index contributed by atoms with van der Waals surface area (Å²) in [5.74, 6) is -7.62. The van der Waals surface area contributed by atoms with Crippen LogP contribution in [0.25, 0.3) is 10.9 Å². The summed E-state index contributed by atoms with van der Waals surface area (Å²) >= 11 is 0. The Morgan fingerprint density at radius 1 is 0.726 bits per heavy atom. The number of primary amides is 1. The highest BCUT2D eigenvalue weighted by molar-refractivity contribution is 8.76. The van der Waals surface area contributed by atoms with Crippen LogP contribution in [0.15, 0.2) is 85.1 Å². The van der Waals surface area contributed by atoms with Gasteiger partial charge in [0, 0.05) is 41.4 Å². The fraction of sp³-hybridized carbons (Fsp3) is 0.440. The number of aromatic hydroxyl groups is 1. The number of para-hydroxylation sites is 1. The van der Waals surface area contributed by atoms with E-state index in [1.165, 1.54) is 19.1 Å². The van der Waals surface area contributed by atoms with Gasteiger partial charge in [-0.1, -0.05) is 96.1 Å². The number of nitrogens with one attached hydrogen (secondary N) is 8. The Kier molecular flexibility index (Phi) is 21.9. The van der Waals surface area contributed by atoms with Crippen LogP contribution in [0, 0.1) is 5.92 Å². The van der Waals surface area contributed by atoms with Crippen molar-refractivity contribution >= 4 is 79.7 Å². The van der Waals surface area contributed by atoms with Crippen molar-refractivity contribution in [2.45, 2.75) is 114 Å². The van der Waals surface area contributed by atoms with Crippen LogP contribution < -0.4 is 54.4 Å². The summed E-state index contributed by atoms with van der Waals surface area (Å²) in [5.41, 5.74) is 20.3. The molecule has 0 unspecified atom stereocenters. The molecule has 4 aromatic rings. The Balaban J connectivity index is 1.58. The highest BCUT2D eigenvalue weighted by Crippen LogP contribution is 2.25. The number of carbonyl (C=O) groups excluding carboxylic acids is 8. The molecule has 0 saturated carbocycles. The summed E-state index contributed by atoms with van der Waals surface area (Å²) in [6, 6.07) is 11.5. The maximum atomic E-state index is 14.8. The van der Waals surface area contributed by atoms with E-state index in [-0.39, 0.29) is 49.5 Å². The van der Waals surface area contributed by atoms with Crippen molar-refractivity contribution < 1.29 is 48.6 Å². The zero-order chi connectivity index (χ0) is 53.2. The van der Waals surface area contributed by atoms with Crippen LogP contribution in [0.3, 0.4) is 0 Å². The number of carbonyl (C=O) groups is 8. The number of aliphatic hydroxyl groups is 1. The number of hydrogen-bond acceptors (Lipinski definition) is 14. The normalized spacial score (nSPS) is 22.1. The Labute approximate surface area is 431 Å². The summed E-state index contributed by atoms with van der Waals surface area (Å²) in [7, 11) is 2.03. The number of aromatic nitrogens is 1. The Morgan fingerprint density at radius 2 is 1.34 bits per heavy atom. The first-order valence-corrected chi connectivity index (χ1v) is 26.5. The van der Waals surface area contributed by atoms with E-state index in [2.05, 4.69) is 42.2 Å². The zero-order valence-corrected chi connectivity index (χ0v) is 42.6. The van der Waals surface area contributed by atoms with Gasteiger partial charge in [-0.05, 0) is 80.0 Å². The monoisotopic (exact) mass is 1050 g/mol. The highest BCUT2D eigenvalue weighted by atomic mass is 33.1. The van der Waals surface area contributed by atoms with E-state index in [4.69, 9.17) is 17.2 Å². The van der Waals surface area contributed by atoms with Crippen LogP contribution in [0.5, 0.6) is 5.75 Å². The third-order valence-corrected chi connectivity index (χ3v) is 14.5. The van der Waals surface area contributed by atoms with Gasteiger partial charge in [-0.2, -0.15) is 0 Å². The zero-order valence-electron chi connectivity index (χ0n) is 40.9. The number of fused-ring (bicyclic) bond motifs is 1. The molecule has 8 amide bonds. The molecule has 1 aliphatic heterocycles. The Morgan fingerprint density at radius 3 is 2.00 bits per heavy atom. The Bertz CT molecular complexity index is 2530. The number of unbranched alkanes of at least 4 members (excludes halogenated alkanes) is 1. The fourth-order valence-electron chi connectivity index (χ4n) is 7.96. The number of benzene rings is 3. The Hall–Kier alpha value is -6.66. The van der Waals surface area contributed by atoms with Gasteiger partial charge in [-0.3, -0.25) is 38.4 Å². The number of hydrogen-bond donors (Lipinski definition) is 13. The van der Waals surface area contributed by atoms with E-state index in [0.29, 0.717) is 24.0 Å². The van der Waals surface area contributed by atoms with Crippen molar-refractivity contribution in [3.8, 4) is 5.75 Å². The lowest BCUT2D eigenvalue weighted by Crippen LogP contribution is -2.62. The first-order valence-electron chi connectivity index (χ1n) is 24.0. The summed E-state index contributed by atoms with van der Waals surface area (Å²) in [6.45, 7) is 4.85. The molecule has 0 aliphatic carbocycles. The number of phenols is 1. The number of aromatic amines is 1. The molecule has 9 atom stereocenters. The van der Waals surface area contributed by atoms with Gasteiger partial charge in [-0.25, -0.2) is 0 Å². The number of amides is 8. The van der Waals surface area contributed by atoms with E-state index < -0.39 is 108 Å². The van der Waals surface area contributed by atoms with Gasteiger partial charge in [0.1, 0.15) is 48.0 Å². The highest BCUT2D eigenvalue weighted by Gasteiger charge is 2.36. The van der Waals surface area contributed by atoms with Crippen LogP contribution in [0.1, 0.15) is 56.7 Å². The second-order valence-electron chi connectivity index (χ2n) is 18.2.